The van der Waals surface area contributed by atoms with Crippen molar-refractivity contribution in [1.82, 2.24) is 9.55 Å². The normalized spacial score (nSPS) is 9.55. The van der Waals surface area contributed by atoms with Crippen LogP contribution in [0, 0.1) is 6.92 Å². The molecule has 0 fully saturated rings. The summed E-state index contributed by atoms with van der Waals surface area (Å²) < 4.78 is 0.910. The standard InChI is InChI=1S/C7H8N2O2/c1-3-9-6(10)4-5(2)8-7(9)11/h3-4H,1H2,2H3,(H,8,11). The SMILES string of the molecule is C=Cn1c(=O)cc(C)[nH]c1=O. The van der Waals surface area contributed by atoms with Crippen molar-refractivity contribution in [2.24, 2.45) is 0 Å². The molecule has 0 aliphatic carbocycles. The van der Waals surface area contributed by atoms with Crippen molar-refractivity contribution in [3.05, 3.63) is 39.2 Å². The fraction of sp³-hybridized carbons (Fsp3) is 0.143. The summed E-state index contributed by atoms with van der Waals surface area (Å²) in [7, 11) is 0. The van der Waals surface area contributed by atoms with E-state index in [4.69, 9.17) is 0 Å². The third-order valence-electron chi connectivity index (χ3n) is 1.28. The zero-order valence-corrected chi connectivity index (χ0v) is 6.13. The summed E-state index contributed by atoms with van der Waals surface area (Å²) in [5.74, 6) is 0. The quantitative estimate of drug-likeness (QED) is 0.613. The Hall–Kier alpha value is -1.58. The molecule has 1 rings (SSSR count). The van der Waals surface area contributed by atoms with Gasteiger partial charge in [0.1, 0.15) is 0 Å². The Labute approximate surface area is 62.8 Å². The van der Waals surface area contributed by atoms with Crippen LogP contribution in [0.5, 0.6) is 0 Å². The topological polar surface area (TPSA) is 54.9 Å². The molecule has 4 nitrogen and oxygen atoms in total. The lowest BCUT2D eigenvalue weighted by atomic mass is 10.4. The maximum absolute atomic E-state index is 11.0. The summed E-state index contributed by atoms with van der Waals surface area (Å²) >= 11 is 0. The molecule has 0 radical (unpaired) electrons. The van der Waals surface area contributed by atoms with Gasteiger partial charge in [0.15, 0.2) is 0 Å². The molecule has 0 aromatic carbocycles. The van der Waals surface area contributed by atoms with Crippen molar-refractivity contribution >= 4 is 6.20 Å². The number of aromatic amines is 1. The van der Waals surface area contributed by atoms with Gasteiger partial charge in [0.2, 0.25) is 0 Å². The van der Waals surface area contributed by atoms with E-state index in [0.717, 1.165) is 4.57 Å². The minimum Gasteiger partial charge on any atom is -0.311 e. The van der Waals surface area contributed by atoms with Crippen LogP contribution in [0.3, 0.4) is 0 Å². The Balaban J connectivity index is 3.63. The molecule has 0 amide bonds. The number of rotatable bonds is 1. The van der Waals surface area contributed by atoms with Gasteiger partial charge in [-0.05, 0) is 6.92 Å². The van der Waals surface area contributed by atoms with Crippen molar-refractivity contribution in [1.29, 1.82) is 0 Å². The zero-order valence-electron chi connectivity index (χ0n) is 6.13. The van der Waals surface area contributed by atoms with E-state index in [0.29, 0.717) is 5.69 Å². The molecule has 0 aliphatic heterocycles. The smallest absolute Gasteiger partial charge is 0.311 e. The fourth-order valence-electron chi connectivity index (χ4n) is 0.793. The summed E-state index contributed by atoms with van der Waals surface area (Å²) in [5, 5.41) is 0. The minimum atomic E-state index is -0.454. The van der Waals surface area contributed by atoms with Gasteiger partial charge in [0.05, 0.1) is 0 Å². The van der Waals surface area contributed by atoms with E-state index in [9.17, 15) is 9.59 Å². The Morgan fingerprint density at radius 1 is 1.64 bits per heavy atom. The molecule has 58 valence electrons. The molecule has 11 heavy (non-hydrogen) atoms. The second-order valence-electron chi connectivity index (χ2n) is 2.15. The van der Waals surface area contributed by atoms with E-state index >= 15 is 0 Å². The molecule has 0 bridgehead atoms. The van der Waals surface area contributed by atoms with Crippen LogP contribution in [0.25, 0.3) is 6.20 Å². The highest BCUT2D eigenvalue weighted by Crippen LogP contribution is 1.78. The minimum absolute atomic E-state index is 0.360. The van der Waals surface area contributed by atoms with Crippen LogP contribution in [-0.4, -0.2) is 9.55 Å². The second kappa shape index (κ2) is 2.57. The lowest BCUT2D eigenvalue weighted by molar-refractivity contribution is 0.899. The molecule has 0 unspecified atom stereocenters. The van der Waals surface area contributed by atoms with Gasteiger partial charge >= 0.3 is 5.69 Å². The van der Waals surface area contributed by atoms with E-state index in [1.165, 1.54) is 12.3 Å². The third kappa shape index (κ3) is 1.29. The number of hydrogen-bond acceptors (Lipinski definition) is 2. The van der Waals surface area contributed by atoms with Gasteiger partial charge in [-0.25, -0.2) is 9.36 Å². The number of nitrogens with zero attached hydrogens (tertiary/aromatic N) is 1. The fourth-order valence-corrected chi connectivity index (χ4v) is 0.793. The number of aromatic nitrogens is 2. The highest BCUT2D eigenvalue weighted by Gasteiger charge is 1.95. The Morgan fingerprint density at radius 3 is 2.73 bits per heavy atom. The molecule has 0 saturated heterocycles. The van der Waals surface area contributed by atoms with Crippen LogP contribution in [0.2, 0.25) is 0 Å². The first-order valence-corrected chi connectivity index (χ1v) is 3.10. The maximum atomic E-state index is 11.0. The largest absolute Gasteiger partial charge is 0.332 e. The molecule has 1 aromatic heterocycles. The average Bonchev–Trinajstić information content (AvgIpc) is 1.85. The number of nitrogens with one attached hydrogen (secondary N) is 1. The summed E-state index contributed by atoms with van der Waals surface area (Å²) in [5.41, 5.74) is -0.260. The summed E-state index contributed by atoms with van der Waals surface area (Å²) in [4.78, 5) is 24.4. The van der Waals surface area contributed by atoms with Gasteiger partial charge in [-0.1, -0.05) is 6.58 Å². The van der Waals surface area contributed by atoms with Crippen molar-refractivity contribution in [2.45, 2.75) is 6.92 Å². The van der Waals surface area contributed by atoms with Gasteiger partial charge in [0, 0.05) is 18.0 Å². The van der Waals surface area contributed by atoms with Crippen LogP contribution >= 0.6 is 0 Å². The maximum Gasteiger partial charge on any atom is 0.332 e. The molecule has 0 spiro atoms. The molecule has 4 heteroatoms. The Morgan fingerprint density at radius 2 is 2.27 bits per heavy atom. The van der Waals surface area contributed by atoms with E-state index in [1.54, 1.807) is 6.92 Å². The zero-order chi connectivity index (χ0) is 8.43. The van der Waals surface area contributed by atoms with Gasteiger partial charge in [-0.15, -0.1) is 0 Å². The molecular weight excluding hydrogens is 144 g/mol. The first-order chi connectivity index (χ1) is 5.15. The van der Waals surface area contributed by atoms with E-state index in [-0.39, 0.29) is 5.56 Å². The summed E-state index contributed by atoms with van der Waals surface area (Å²) in [6, 6.07) is 1.34. The van der Waals surface area contributed by atoms with Crippen LogP contribution in [0.4, 0.5) is 0 Å². The molecule has 1 N–H and O–H groups in total. The Bertz CT molecular complexity index is 355. The summed E-state index contributed by atoms with van der Waals surface area (Å²) in [6.07, 6.45) is 1.18. The van der Waals surface area contributed by atoms with Gasteiger partial charge in [0.25, 0.3) is 5.56 Å². The Kier molecular flexibility index (Phi) is 1.76. The van der Waals surface area contributed by atoms with Crippen molar-refractivity contribution in [3.63, 3.8) is 0 Å². The lowest BCUT2D eigenvalue weighted by Crippen LogP contribution is -2.31. The van der Waals surface area contributed by atoms with Crippen molar-refractivity contribution in [3.8, 4) is 0 Å². The predicted molar refractivity (Wildman–Crippen MR) is 42.4 cm³/mol. The lowest BCUT2D eigenvalue weighted by Gasteiger charge is -1.95. The average molecular weight is 152 g/mol. The van der Waals surface area contributed by atoms with Crippen LogP contribution in [-0.2, 0) is 0 Å². The number of H-pyrrole nitrogens is 1. The molecule has 0 saturated carbocycles. The third-order valence-corrected chi connectivity index (χ3v) is 1.28. The van der Waals surface area contributed by atoms with Gasteiger partial charge in [-0.2, -0.15) is 0 Å². The van der Waals surface area contributed by atoms with Crippen molar-refractivity contribution < 1.29 is 0 Å². The number of aryl methyl sites for hydroxylation is 1. The van der Waals surface area contributed by atoms with E-state index in [2.05, 4.69) is 11.6 Å². The first kappa shape index (κ1) is 7.53. The molecule has 1 aromatic rings. The van der Waals surface area contributed by atoms with Crippen LogP contribution in [0.15, 0.2) is 22.2 Å². The highest BCUT2D eigenvalue weighted by molar-refractivity contribution is 5.16. The van der Waals surface area contributed by atoms with E-state index < -0.39 is 5.69 Å². The van der Waals surface area contributed by atoms with E-state index in [1.807, 2.05) is 0 Å². The van der Waals surface area contributed by atoms with Gasteiger partial charge < -0.3 is 4.98 Å². The first-order valence-electron chi connectivity index (χ1n) is 3.10. The molecule has 1 heterocycles. The summed E-state index contributed by atoms with van der Waals surface area (Å²) in [6.45, 7) is 4.97. The number of hydrogen-bond donors (Lipinski definition) is 1. The monoisotopic (exact) mass is 152 g/mol. The predicted octanol–water partition coefficient (Wildman–Crippen LogP) is -0.0545. The second-order valence-corrected chi connectivity index (χ2v) is 2.15. The van der Waals surface area contributed by atoms with Crippen LogP contribution in [0.1, 0.15) is 5.69 Å². The van der Waals surface area contributed by atoms with Gasteiger partial charge in [-0.3, -0.25) is 4.79 Å². The highest BCUT2D eigenvalue weighted by atomic mass is 16.2. The molecule has 0 aliphatic rings. The molecule has 0 atom stereocenters. The molecular formula is C7H8N2O2. The van der Waals surface area contributed by atoms with Crippen LogP contribution < -0.4 is 11.2 Å². The van der Waals surface area contributed by atoms with Crippen molar-refractivity contribution in [2.75, 3.05) is 0 Å².